The molecule has 0 radical (unpaired) electrons. The highest BCUT2D eigenvalue weighted by Crippen LogP contribution is 2.21. The van der Waals surface area contributed by atoms with Crippen molar-refractivity contribution in [1.29, 1.82) is 0 Å². The first-order valence-electron chi connectivity index (χ1n) is 10.6. The van der Waals surface area contributed by atoms with E-state index in [1.807, 2.05) is 61.1 Å². The van der Waals surface area contributed by atoms with E-state index < -0.39 is 0 Å². The first-order chi connectivity index (χ1) is 15.5. The van der Waals surface area contributed by atoms with E-state index >= 15 is 0 Å². The number of carbonyl (C=O) groups is 1. The fourth-order valence-corrected chi connectivity index (χ4v) is 3.54. The lowest BCUT2D eigenvalue weighted by atomic mass is 10.1. The third kappa shape index (κ3) is 5.43. The van der Waals surface area contributed by atoms with Crippen LogP contribution in [0.15, 0.2) is 79.1 Å². The lowest BCUT2D eigenvalue weighted by Gasteiger charge is -2.11. The number of rotatable bonds is 7. The van der Waals surface area contributed by atoms with E-state index in [-0.39, 0.29) is 5.91 Å². The number of benzene rings is 3. The summed E-state index contributed by atoms with van der Waals surface area (Å²) in [6, 6.07) is 21.9. The minimum absolute atomic E-state index is 0.173. The molecule has 0 aliphatic heterocycles. The van der Waals surface area contributed by atoms with Crippen molar-refractivity contribution in [2.75, 3.05) is 5.32 Å². The number of aryl methyl sites for hydroxylation is 3. The number of anilines is 1. The van der Waals surface area contributed by atoms with Crippen LogP contribution < -0.4 is 10.1 Å². The molecular weight excluding hydrogens is 398 g/mol. The van der Waals surface area contributed by atoms with Crippen LogP contribution in [0.4, 0.5) is 5.69 Å². The average molecular weight is 426 g/mol. The van der Waals surface area contributed by atoms with Crippen molar-refractivity contribution >= 4 is 11.6 Å². The van der Waals surface area contributed by atoms with Gasteiger partial charge in [0.1, 0.15) is 12.4 Å². The van der Waals surface area contributed by atoms with Crippen molar-refractivity contribution in [1.82, 2.24) is 9.78 Å². The molecule has 0 unspecified atom stereocenters. The van der Waals surface area contributed by atoms with Gasteiger partial charge in [0.2, 0.25) is 0 Å². The predicted octanol–water partition coefficient (Wildman–Crippen LogP) is 5.69. The molecule has 4 rings (SSSR count). The number of aromatic nitrogens is 2. The first-order valence-corrected chi connectivity index (χ1v) is 10.6. The molecule has 1 N–H and O–H groups in total. The van der Waals surface area contributed by atoms with Crippen LogP contribution >= 0.6 is 0 Å². The number of ether oxygens (including phenoxy) is 1. The summed E-state index contributed by atoms with van der Waals surface area (Å²) in [6.45, 7) is 7.19. The average Bonchev–Trinajstić information content (AvgIpc) is 3.21. The molecule has 0 fully saturated rings. The standard InChI is InChI=1S/C27H27N3O2/c1-19-6-4-7-22(12-19)16-30-17-25(15-28-30)29-27(31)24-9-5-8-23(14-24)18-32-26-13-20(2)10-11-21(26)3/h4-15,17H,16,18H2,1-3H3,(H,29,31). The molecule has 0 bridgehead atoms. The summed E-state index contributed by atoms with van der Waals surface area (Å²) in [5, 5.41) is 7.30. The maximum absolute atomic E-state index is 12.8. The Hall–Kier alpha value is -3.86. The van der Waals surface area contributed by atoms with Gasteiger partial charge in [0.05, 0.1) is 18.4 Å². The molecule has 32 heavy (non-hydrogen) atoms. The number of nitrogens with one attached hydrogen (secondary N) is 1. The van der Waals surface area contributed by atoms with E-state index in [1.54, 1.807) is 12.3 Å². The minimum atomic E-state index is -0.173. The summed E-state index contributed by atoms with van der Waals surface area (Å²) in [7, 11) is 0. The Morgan fingerprint density at radius 2 is 1.72 bits per heavy atom. The van der Waals surface area contributed by atoms with Crippen molar-refractivity contribution in [3.63, 3.8) is 0 Å². The number of nitrogens with zero attached hydrogens (tertiary/aromatic N) is 2. The number of carbonyl (C=O) groups excluding carboxylic acids is 1. The van der Waals surface area contributed by atoms with Crippen LogP contribution in [0.2, 0.25) is 0 Å². The molecule has 5 heteroatoms. The van der Waals surface area contributed by atoms with Crippen molar-refractivity contribution in [2.24, 2.45) is 0 Å². The molecule has 0 atom stereocenters. The lowest BCUT2D eigenvalue weighted by molar-refractivity contribution is 0.102. The zero-order valence-corrected chi connectivity index (χ0v) is 18.6. The molecule has 162 valence electrons. The summed E-state index contributed by atoms with van der Waals surface area (Å²) in [5.74, 6) is 0.689. The minimum Gasteiger partial charge on any atom is -0.489 e. The van der Waals surface area contributed by atoms with Gasteiger partial charge in [-0.3, -0.25) is 9.48 Å². The van der Waals surface area contributed by atoms with Crippen LogP contribution in [-0.4, -0.2) is 15.7 Å². The molecule has 5 nitrogen and oxygen atoms in total. The largest absolute Gasteiger partial charge is 0.489 e. The first kappa shape index (κ1) is 21.4. The normalized spacial score (nSPS) is 10.7. The summed E-state index contributed by atoms with van der Waals surface area (Å²) >= 11 is 0. The molecule has 1 amide bonds. The highest BCUT2D eigenvalue weighted by Gasteiger charge is 2.09. The highest BCUT2D eigenvalue weighted by atomic mass is 16.5. The van der Waals surface area contributed by atoms with Crippen LogP contribution in [0.25, 0.3) is 0 Å². The van der Waals surface area contributed by atoms with Crippen molar-refractivity contribution in [2.45, 2.75) is 33.9 Å². The van der Waals surface area contributed by atoms with Gasteiger partial charge in [-0.2, -0.15) is 5.10 Å². The Bertz CT molecular complexity index is 1240. The van der Waals surface area contributed by atoms with E-state index in [0.29, 0.717) is 24.4 Å². The Morgan fingerprint density at radius 3 is 2.56 bits per heavy atom. The smallest absolute Gasteiger partial charge is 0.255 e. The number of amides is 1. The quantitative estimate of drug-likeness (QED) is 0.414. The lowest BCUT2D eigenvalue weighted by Crippen LogP contribution is -2.12. The van der Waals surface area contributed by atoms with E-state index in [2.05, 4.69) is 41.6 Å². The Labute approximate surface area is 188 Å². The zero-order valence-electron chi connectivity index (χ0n) is 18.6. The molecule has 0 saturated heterocycles. The molecule has 0 saturated carbocycles. The van der Waals surface area contributed by atoms with Crippen molar-refractivity contribution < 1.29 is 9.53 Å². The maximum Gasteiger partial charge on any atom is 0.255 e. The van der Waals surface area contributed by atoms with Crippen LogP contribution in [0, 0.1) is 20.8 Å². The second-order valence-corrected chi connectivity index (χ2v) is 8.13. The van der Waals surface area contributed by atoms with Crippen LogP contribution in [0.3, 0.4) is 0 Å². The van der Waals surface area contributed by atoms with Gasteiger partial charge in [-0.25, -0.2) is 0 Å². The highest BCUT2D eigenvalue weighted by molar-refractivity contribution is 6.04. The second-order valence-electron chi connectivity index (χ2n) is 8.13. The molecular formula is C27H27N3O2. The predicted molar refractivity (Wildman–Crippen MR) is 127 cm³/mol. The van der Waals surface area contributed by atoms with Crippen LogP contribution in [-0.2, 0) is 13.2 Å². The SMILES string of the molecule is Cc1cccc(Cn2cc(NC(=O)c3cccc(COc4cc(C)ccc4C)c3)cn2)c1. The zero-order chi connectivity index (χ0) is 22.5. The topological polar surface area (TPSA) is 56.2 Å². The molecule has 1 aromatic heterocycles. The molecule has 3 aromatic carbocycles. The van der Waals surface area contributed by atoms with Crippen molar-refractivity contribution in [3.8, 4) is 5.75 Å². The van der Waals surface area contributed by atoms with Gasteiger partial charge in [-0.15, -0.1) is 0 Å². The summed E-state index contributed by atoms with van der Waals surface area (Å²) in [6.07, 6.45) is 3.51. The van der Waals surface area contributed by atoms with E-state index in [0.717, 1.165) is 22.4 Å². The fourth-order valence-electron chi connectivity index (χ4n) is 3.54. The number of hydrogen-bond acceptors (Lipinski definition) is 3. The summed E-state index contributed by atoms with van der Waals surface area (Å²) < 4.78 is 7.80. The van der Waals surface area contributed by atoms with E-state index in [9.17, 15) is 4.79 Å². The molecule has 4 aromatic rings. The molecule has 1 heterocycles. The second kappa shape index (κ2) is 9.52. The van der Waals surface area contributed by atoms with Crippen LogP contribution in [0.1, 0.15) is 38.2 Å². The van der Waals surface area contributed by atoms with Crippen molar-refractivity contribution in [3.05, 3.63) is 113 Å². The maximum atomic E-state index is 12.8. The monoisotopic (exact) mass is 425 g/mol. The Kier molecular flexibility index (Phi) is 6.36. The van der Waals surface area contributed by atoms with Gasteiger partial charge in [0.15, 0.2) is 0 Å². The fraction of sp³-hybridized carbons (Fsp3) is 0.185. The van der Waals surface area contributed by atoms with Gasteiger partial charge in [0, 0.05) is 11.8 Å². The number of hydrogen-bond donors (Lipinski definition) is 1. The third-order valence-corrected chi connectivity index (χ3v) is 5.25. The van der Waals surface area contributed by atoms with Gasteiger partial charge in [-0.05, 0) is 61.2 Å². The molecule has 0 aliphatic carbocycles. The molecule has 0 spiro atoms. The van der Waals surface area contributed by atoms with Gasteiger partial charge in [0.25, 0.3) is 5.91 Å². The summed E-state index contributed by atoms with van der Waals surface area (Å²) in [5.41, 5.74) is 6.81. The Morgan fingerprint density at radius 1 is 0.938 bits per heavy atom. The Balaban J connectivity index is 1.38. The summed E-state index contributed by atoms with van der Waals surface area (Å²) in [4.78, 5) is 12.8. The molecule has 0 aliphatic rings. The van der Waals surface area contributed by atoms with Gasteiger partial charge < -0.3 is 10.1 Å². The third-order valence-electron chi connectivity index (χ3n) is 5.25. The van der Waals surface area contributed by atoms with E-state index in [4.69, 9.17) is 4.74 Å². The van der Waals surface area contributed by atoms with E-state index in [1.165, 1.54) is 11.1 Å². The van der Waals surface area contributed by atoms with Gasteiger partial charge in [-0.1, -0.05) is 54.1 Å². The van der Waals surface area contributed by atoms with Gasteiger partial charge >= 0.3 is 0 Å². The van der Waals surface area contributed by atoms with Crippen LogP contribution in [0.5, 0.6) is 5.75 Å².